The van der Waals surface area contributed by atoms with Gasteiger partial charge in [-0.25, -0.2) is 0 Å². The molecule has 1 unspecified atom stereocenters. The molecule has 0 bridgehead atoms. The zero-order chi connectivity index (χ0) is 13.4. The van der Waals surface area contributed by atoms with Crippen LogP contribution in [0, 0.1) is 0 Å². The summed E-state index contributed by atoms with van der Waals surface area (Å²) in [5, 5.41) is 13.9. The van der Waals surface area contributed by atoms with Gasteiger partial charge >= 0.3 is 56.2 Å². The standard InChI is InChI=1S/C4H6O7S.C3H5.Na/c5-3(6)1-2(4(7)8)12(9,10)11;1-3-2;/h2H,1H2,(H,5,6)(H,7,8)(H,9,10,11);3H,1-2H2;. The van der Waals surface area contributed by atoms with Crippen molar-refractivity contribution < 1.29 is 32.8 Å². The quantitative estimate of drug-likeness (QED) is 0.348. The van der Waals surface area contributed by atoms with Crippen molar-refractivity contribution in [3.63, 3.8) is 0 Å². The van der Waals surface area contributed by atoms with Gasteiger partial charge in [0, 0.05) is 0 Å². The Morgan fingerprint density at radius 3 is 1.81 bits per heavy atom. The number of hydrogen-bond acceptors (Lipinski definition) is 4. The van der Waals surface area contributed by atoms with E-state index in [1.54, 1.807) is 0 Å². The predicted molar refractivity (Wildman–Crippen MR) is 56.0 cm³/mol. The van der Waals surface area contributed by atoms with Gasteiger partial charge in [-0.05, 0) is 0 Å². The minimum absolute atomic E-state index is 1.16. The van der Waals surface area contributed by atoms with E-state index >= 15 is 0 Å². The molecule has 0 aromatic heterocycles. The fourth-order valence-corrected chi connectivity index (χ4v) is 1.09. The zero-order valence-corrected chi connectivity index (χ0v) is 11.5. The molecule has 9 heteroatoms. The van der Waals surface area contributed by atoms with Gasteiger partial charge in [-0.1, -0.05) is 0 Å². The Kier molecular flexibility index (Phi) is 9.78. The van der Waals surface area contributed by atoms with Crippen molar-refractivity contribution in [2.45, 2.75) is 15.3 Å². The van der Waals surface area contributed by atoms with Crippen molar-refractivity contribution in [3.05, 3.63) is 12.7 Å². The molecule has 0 aliphatic rings. The van der Waals surface area contributed by atoms with Crippen LogP contribution >= 0.6 is 0 Å². The van der Waals surface area contributed by atoms with E-state index < -0.39 is 33.7 Å². The summed E-state index contributed by atoms with van der Waals surface area (Å²) < 4.78 is 29.9. The van der Waals surface area contributed by atoms with Gasteiger partial charge in [0.15, 0.2) is 5.25 Å². The van der Waals surface area contributed by atoms with Crippen LogP contribution in [-0.2, 0) is 19.7 Å². The molecule has 16 heavy (non-hydrogen) atoms. The van der Waals surface area contributed by atoms with Gasteiger partial charge in [0.1, 0.15) is 0 Å². The van der Waals surface area contributed by atoms with Crippen LogP contribution < -0.4 is 0 Å². The number of hydrogen-bond donors (Lipinski definition) is 3. The fourth-order valence-electron chi connectivity index (χ4n) is 0.479. The van der Waals surface area contributed by atoms with Crippen LogP contribution in [0.1, 0.15) is 6.42 Å². The Balaban J connectivity index is 0. The van der Waals surface area contributed by atoms with E-state index in [9.17, 15) is 18.0 Å². The zero-order valence-electron chi connectivity index (χ0n) is 8.66. The summed E-state index contributed by atoms with van der Waals surface area (Å²) in [7, 11) is -4.84. The second-order valence-corrected chi connectivity index (χ2v) is 5.05. The van der Waals surface area contributed by atoms with Crippen LogP contribution in [-0.4, -0.2) is 68.3 Å². The Labute approximate surface area is 110 Å². The number of allylic oxidation sites excluding steroid dienone is 1. The second kappa shape index (κ2) is 8.71. The molecule has 88 valence electrons. The molecule has 0 radical (unpaired) electrons. The Hall–Kier alpha value is -0.410. The van der Waals surface area contributed by atoms with Gasteiger partial charge in [0.2, 0.25) is 0 Å². The van der Waals surface area contributed by atoms with Crippen LogP contribution in [0.4, 0.5) is 0 Å². The molecule has 3 N–H and O–H groups in total. The summed E-state index contributed by atoms with van der Waals surface area (Å²) in [5.74, 6) is -3.50. The molecule has 0 saturated carbocycles. The Morgan fingerprint density at radius 1 is 1.38 bits per heavy atom. The summed E-state index contributed by atoms with van der Waals surface area (Å²) in [4.78, 5) is 20.0. The van der Waals surface area contributed by atoms with Gasteiger partial charge in [-0.2, -0.15) is 8.42 Å². The van der Waals surface area contributed by atoms with Gasteiger partial charge in [0.05, 0.1) is 6.42 Å². The van der Waals surface area contributed by atoms with E-state index in [0.29, 0.717) is 0 Å². The maximum absolute atomic E-state index is 10.2. The monoisotopic (exact) mass is 262 g/mol. The predicted octanol–water partition coefficient (Wildman–Crippen LogP) is -0.439. The first-order chi connectivity index (χ1) is 7.16. The maximum Gasteiger partial charge on any atom is 0.325 e. The summed E-state index contributed by atoms with van der Waals surface area (Å²) in [6.45, 7) is 3.51. The van der Waals surface area contributed by atoms with Crippen molar-refractivity contribution in [1.29, 1.82) is 0 Å². The van der Waals surface area contributed by atoms with Crippen molar-refractivity contribution in [2.75, 3.05) is 0 Å². The molecule has 1 atom stereocenters. The van der Waals surface area contributed by atoms with E-state index in [-0.39, 0.29) is 0 Å². The number of carboxylic acids is 2. The normalized spacial score (nSPS) is 11.9. The summed E-state index contributed by atoms with van der Waals surface area (Å²) in [5.41, 5.74) is 0. The third-order valence-electron chi connectivity index (χ3n) is 1.28. The van der Waals surface area contributed by atoms with Crippen molar-refractivity contribution in [1.82, 2.24) is 0 Å². The first-order valence-electron chi connectivity index (χ1n) is 4.18. The van der Waals surface area contributed by atoms with Crippen LogP contribution in [0.5, 0.6) is 0 Å². The van der Waals surface area contributed by atoms with Crippen LogP contribution in [0.2, 0.25) is 3.67 Å². The third-order valence-corrected chi connectivity index (χ3v) is 2.95. The maximum atomic E-state index is 10.2. The third kappa shape index (κ3) is 10.1. The molecular weight excluding hydrogens is 251 g/mol. The van der Waals surface area contributed by atoms with E-state index in [1.165, 1.54) is 31.6 Å². The number of rotatable bonds is 5. The number of aliphatic carboxylic acids is 2. The Bertz CT molecular complexity index is 348. The van der Waals surface area contributed by atoms with E-state index in [4.69, 9.17) is 14.8 Å². The molecule has 0 saturated heterocycles. The van der Waals surface area contributed by atoms with Gasteiger partial charge < -0.3 is 10.2 Å². The number of carbonyl (C=O) groups is 2. The molecule has 0 spiro atoms. The molecule has 0 amide bonds. The van der Waals surface area contributed by atoms with Crippen LogP contribution in [0.15, 0.2) is 12.7 Å². The van der Waals surface area contributed by atoms with Crippen molar-refractivity contribution in [3.8, 4) is 0 Å². The molecule has 0 aromatic rings. The summed E-state index contributed by atoms with van der Waals surface area (Å²) in [6, 6.07) is 0. The molecule has 0 fully saturated rings. The van der Waals surface area contributed by atoms with E-state index in [1.807, 2.05) is 6.08 Å². The minimum atomic E-state index is -4.84. The second-order valence-electron chi connectivity index (χ2n) is 2.64. The smallest absolute Gasteiger partial charge is 0.325 e. The van der Waals surface area contributed by atoms with E-state index in [0.717, 1.165) is 0 Å². The molecule has 0 rings (SSSR count). The average molecular weight is 262 g/mol. The average Bonchev–Trinajstić information content (AvgIpc) is 2.12. The molecule has 0 aromatic carbocycles. The van der Waals surface area contributed by atoms with Gasteiger partial charge in [-0.15, -0.1) is 0 Å². The molecule has 7 nitrogen and oxygen atoms in total. The van der Waals surface area contributed by atoms with Crippen LogP contribution in [0.3, 0.4) is 0 Å². The first-order valence-corrected chi connectivity index (χ1v) is 7.10. The first kappa shape index (κ1) is 18.0. The summed E-state index contributed by atoms with van der Waals surface area (Å²) in [6.07, 6.45) is 0.778. The summed E-state index contributed by atoms with van der Waals surface area (Å²) >= 11 is 1.27. The van der Waals surface area contributed by atoms with Crippen molar-refractivity contribution in [2.24, 2.45) is 0 Å². The molecular formula is C7H11NaO7S. The number of carboxylic acid groups (broad SMARTS) is 2. The Morgan fingerprint density at radius 2 is 1.75 bits per heavy atom. The molecule has 0 aliphatic heterocycles. The fraction of sp³-hybridized carbons (Fsp3) is 0.429. The van der Waals surface area contributed by atoms with Gasteiger partial charge in [0.25, 0.3) is 10.1 Å². The van der Waals surface area contributed by atoms with Gasteiger partial charge in [-0.3, -0.25) is 14.1 Å². The topological polar surface area (TPSA) is 129 Å². The van der Waals surface area contributed by atoms with E-state index in [2.05, 4.69) is 6.58 Å². The SMILES string of the molecule is C=C[CH2][Na].O=C(O)CC(C(=O)O)S(=O)(=O)O. The van der Waals surface area contributed by atoms with Crippen LogP contribution in [0.25, 0.3) is 0 Å². The van der Waals surface area contributed by atoms with Crippen molar-refractivity contribution >= 4 is 50.0 Å². The molecule has 0 aliphatic carbocycles. The minimum Gasteiger partial charge on any atom is -0.481 e. The molecule has 0 heterocycles. The largest absolute Gasteiger partial charge is 0.481 e.